The molecule has 0 radical (unpaired) electrons. The molecule has 9 N–H and O–H groups in total. The number of aliphatic hydroxyl groups excluding tert-OH is 4. The first-order valence-electron chi connectivity index (χ1n) is 21.8. The molecule has 1 saturated heterocycles. The summed E-state index contributed by atoms with van der Waals surface area (Å²) < 4.78 is 7.40. The van der Waals surface area contributed by atoms with Crippen LogP contribution in [-0.4, -0.2) is 108 Å². The normalized spacial score (nSPS) is 50.6. The number of nitrogens with one attached hydrogen (secondary N) is 1. The molecule has 16 unspecified atom stereocenters. The average Bonchev–Trinajstić information content (AvgIpc) is 3.73. The molecule has 10 rings (SSSR count). The highest BCUT2D eigenvalue weighted by Gasteiger charge is 2.84. The Kier molecular flexibility index (Phi) is 9.02. The van der Waals surface area contributed by atoms with E-state index in [1.807, 2.05) is 13.8 Å². The summed E-state index contributed by atoms with van der Waals surface area (Å²) in [6.07, 6.45) is 5.34. The Bertz CT molecular complexity index is 1870. The van der Waals surface area contributed by atoms with Gasteiger partial charge in [0, 0.05) is 61.1 Å². The maximum atomic E-state index is 14.9. The van der Waals surface area contributed by atoms with Crippen molar-refractivity contribution in [1.29, 1.82) is 0 Å². The highest BCUT2D eigenvalue weighted by atomic mass is 16.6. The van der Waals surface area contributed by atoms with Crippen molar-refractivity contribution in [2.24, 2.45) is 51.2 Å². The molecule has 11 heteroatoms. The molecule has 2 bridgehead atoms. The fourth-order valence-corrected chi connectivity index (χ4v) is 16.2. The second kappa shape index (κ2) is 12.8. The molecular weight excluding hydrogens is 727 g/mol. The quantitative estimate of drug-likeness (QED) is 0.189. The Morgan fingerprint density at radius 2 is 1.65 bits per heavy atom. The topological polar surface area (TPSA) is 200 Å². The Morgan fingerprint density at radius 3 is 2.30 bits per heavy atom. The van der Waals surface area contributed by atoms with Gasteiger partial charge in [0.05, 0.1) is 30.0 Å². The second-order valence-electron chi connectivity index (χ2n) is 20.9. The van der Waals surface area contributed by atoms with E-state index in [2.05, 4.69) is 32.2 Å². The summed E-state index contributed by atoms with van der Waals surface area (Å²) in [6, 6.07) is 4.08. The molecule has 5 saturated carbocycles. The number of phenols is 2. The number of rotatable bonds is 6. The number of hydrogen-bond acceptors (Lipinski definition) is 11. The van der Waals surface area contributed by atoms with E-state index < -0.39 is 75.2 Å². The summed E-state index contributed by atoms with van der Waals surface area (Å²) in [6.45, 7) is 11.4. The van der Waals surface area contributed by atoms with Gasteiger partial charge in [-0.1, -0.05) is 59.1 Å². The zero-order valence-corrected chi connectivity index (χ0v) is 34.2. The molecule has 314 valence electrons. The highest BCUT2D eigenvalue weighted by molar-refractivity contribution is 5.96. The summed E-state index contributed by atoms with van der Waals surface area (Å²) in [5.74, 6) is -4.08. The highest BCUT2D eigenvalue weighted by Crippen LogP contribution is 2.79. The smallest absolute Gasteiger partial charge is 0.160 e. The van der Waals surface area contributed by atoms with Crippen LogP contribution in [0.2, 0.25) is 0 Å². The van der Waals surface area contributed by atoms with Crippen LogP contribution in [0.5, 0.6) is 11.5 Å². The summed E-state index contributed by atoms with van der Waals surface area (Å²) >= 11 is 0. The lowest BCUT2D eigenvalue weighted by atomic mass is 9.37. The maximum absolute atomic E-state index is 14.9. The van der Waals surface area contributed by atoms with Gasteiger partial charge in [0.25, 0.3) is 0 Å². The van der Waals surface area contributed by atoms with E-state index in [1.165, 1.54) is 18.2 Å². The van der Waals surface area contributed by atoms with Crippen LogP contribution >= 0.6 is 0 Å². The molecule has 0 aromatic heterocycles. The molecule has 57 heavy (non-hydrogen) atoms. The van der Waals surface area contributed by atoms with Gasteiger partial charge in [-0.05, 0) is 102 Å². The van der Waals surface area contributed by atoms with Crippen molar-refractivity contribution >= 4 is 5.78 Å². The lowest BCUT2D eigenvalue weighted by Gasteiger charge is -2.68. The number of aromatic hydroxyl groups is 2. The van der Waals surface area contributed by atoms with Crippen LogP contribution in [0.25, 0.3) is 0 Å². The van der Waals surface area contributed by atoms with Gasteiger partial charge in [0.2, 0.25) is 0 Å². The third-order valence-corrected chi connectivity index (χ3v) is 18.3. The van der Waals surface area contributed by atoms with Crippen molar-refractivity contribution < 1.29 is 50.4 Å². The van der Waals surface area contributed by atoms with Gasteiger partial charge in [-0.2, -0.15) is 0 Å². The standard InChI is InChI=1S/C46H65NO10/c1-6-47-22-26-19-40(3)12-9-29(26)46(39(54)24(40)2)44(55,13-14-48)38-33(57-46)21-45(56)30-18-31(51)35-34(25-15-27(49)17-28(50)16-25)36(53)32(52)20-41(35,4)37(30)43(10-7-8-11-43)23-42(38,45)5/h15-19,24,29,32-39,47-50,52-56H,6-14,20-23H2,1-5H3. The number of likely N-dealkylation sites (N-methyl/N-ethyl adjacent to an activating group) is 1. The number of fused-ring (bicyclic) bond motifs is 10. The Morgan fingerprint density at radius 1 is 0.965 bits per heavy atom. The number of ether oxygens (including phenoxy) is 1. The largest absolute Gasteiger partial charge is 0.508 e. The van der Waals surface area contributed by atoms with E-state index in [4.69, 9.17) is 4.74 Å². The molecule has 6 fully saturated rings. The van der Waals surface area contributed by atoms with Crippen molar-refractivity contribution in [2.75, 3.05) is 19.7 Å². The number of benzene rings is 1. The van der Waals surface area contributed by atoms with Crippen molar-refractivity contribution in [3.05, 3.63) is 47.1 Å². The minimum Gasteiger partial charge on any atom is -0.508 e. The summed E-state index contributed by atoms with van der Waals surface area (Å²) in [4.78, 5) is 14.9. The first-order chi connectivity index (χ1) is 26.8. The van der Waals surface area contributed by atoms with E-state index >= 15 is 0 Å². The molecule has 2 spiro atoms. The zero-order valence-electron chi connectivity index (χ0n) is 34.2. The number of carbonyl (C=O) groups is 1. The van der Waals surface area contributed by atoms with E-state index in [0.717, 1.165) is 44.2 Å². The van der Waals surface area contributed by atoms with Crippen molar-refractivity contribution in [2.45, 2.75) is 146 Å². The third kappa shape index (κ3) is 4.91. The molecule has 8 aliphatic carbocycles. The van der Waals surface area contributed by atoms with E-state index in [0.29, 0.717) is 30.5 Å². The van der Waals surface area contributed by atoms with E-state index in [1.54, 1.807) is 6.08 Å². The average molecular weight is 792 g/mol. The number of allylic oxidation sites excluding steroid dienone is 2. The minimum absolute atomic E-state index is 0.0396. The number of ketones is 1. The molecule has 11 nitrogen and oxygen atoms in total. The first kappa shape index (κ1) is 40.1. The fourth-order valence-electron chi connectivity index (χ4n) is 16.2. The molecule has 1 heterocycles. The molecule has 16 atom stereocenters. The summed E-state index contributed by atoms with van der Waals surface area (Å²) in [5.41, 5.74) is -5.45. The van der Waals surface area contributed by atoms with E-state index in [-0.39, 0.29) is 66.3 Å². The first-order valence-corrected chi connectivity index (χ1v) is 21.8. The van der Waals surface area contributed by atoms with Gasteiger partial charge >= 0.3 is 0 Å². The molecule has 9 aliphatic rings. The van der Waals surface area contributed by atoms with Crippen LogP contribution in [0.3, 0.4) is 0 Å². The van der Waals surface area contributed by atoms with Crippen molar-refractivity contribution in [3.63, 3.8) is 0 Å². The Balaban J connectivity index is 1.21. The van der Waals surface area contributed by atoms with Crippen LogP contribution in [0.4, 0.5) is 0 Å². The predicted molar refractivity (Wildman–Crippen MR) is 211 cm³/mol. The SMILES string of the molecule is CCNCC1=CC2(C)CCC1C1(OC3CC4(O)C5=CC(=O)C6C(c7cc(O)cc(O)c7)C(O)C(O)CC6(C)C5C5(CCCC5)CC4(C)C3C1(O)CCO)C(O)C2C. The lowest BCUT2D eigenvalue weighted by molar-refractivity contribution is -0.252. The van der Waals surface area contributed by atoms with Crippen molar-refractivity contribution in [1.82, 2.24) is 5.32 Å². The van der Waals surface area contributed by atoms with Gasteiger partial charge in [-0.15, -0.1) is 0 Å². The van der Waals surface area contributed by atoms with E-state index in [9.17, 15) is 45.6 Å². The Hall–Kier alpha value is -2.35. The molecule has 0 amide bonds. The lowest BCUT2D eigenvalue weighted by Crippen LogP contribution is -2.71. The van der Waals surface area contributed by atoms with Crippen LogP contribution in [0.15, 0.2) is 41.5 Å². The summed E-state index contributed by atoms with van der Waals surface area (Å²) in [5, 5.41) is 99.0. The minimum atomic E-state index is -1.74. The summed E-state index contributed by atoms with van der Waals surface area (Å²) in [7, 11) is 0. The van der Waals surface area contributed by atoms with Gasteiger partial charge in [-0.25, -0.2) is 0 Å². The van der Waals surface area contributed by atoms with Crippen LogP contribution in [-0.2, 0) is 9.53 Å². The zero-order chi connectivity index (χ0) is 40.9. The number of hydrogen-bond donors (Lipinski definition) is 9. The second-order valence-corrected chi connectivity index (χ2v) is 20.9. The van der Waals surface area contributed by atoms with Gasteiger partial charge in [-0.3, -0.25) is 4.79 Å². The maximum Gasteiger partial charge on any atom is 0.160 e. The van der Waals surface area contributed by atoms with Crippen molar-refractivity contribution in [3.8, 4) is 11.5 Å². The third-order valence-electron chi connectivity index (χ3n) is 18.3. The van der Waals surface area contributed by atoms with Crippen LogP contribution in [0.1, 0.15) is 110 Å². The van der Waals surface area contributed by atoms with Gasteiger partial charge in [0.1, 0.15) is 22.7 Å². The molecule has 1 aromatic rings. The number of carbonyl (C=O) groups excluding carboxylic acids is 1. The van der Waals surface area contributed by atoms with Gasteiger partial charge in [0.15, 0.2) is 5.78 Å². The van der Waals surface area contributed by atoms with Crippen LogP contribution < -0.4 is 5.32 Å². The number of phenolic OH excluding ortho intramolecular Hbond substituents is 2. The monoisotopic (exact) mass is 791 g/mol. The number of aliphatic hydroxyl groups is 6. The fraction of sp³-hybridized carbons (Fsp3) is 0.761. The Labute approximate surface area is 336 Å². The predicted octanol–water partition coefficient (Wildman–Crippen LogP) is 3.99. The molecular formula is C46H65NO10. The molecule has 1 aliphatic heterocycles. The van der Waals surface area contributed by atoms with Crippen LogP contribution in [0, 0.1) is 51.2 Å². The molecule has 1 aromatic carbocycles. The van der Waals surface area contributed by atoms with Gasteiger partial charge < -0.3 is 50.9 Å².